The number of carbonyl (C=O) groups excluding carboxylic acids is 2. The molecule has 0 amide bonds. The van der Waals surface area contributed by atoms with Gasteiger partial charge in [0.25, 0.3) is 0 Å². The van der Waals surface area contributed by atoms with E-state index in [2.05, 4.69) is 25.3 Å². The Hall–Kier alpha value is -0.660. The molecule has 0 aromatic carbocycles. The van der Waals surface area contributed by atoms with Crippen LogP contribution in [-0.4, -0.2) is 36.0 Å². The van der Waals surface area contributed by atoms with Crippen molar-refractivity contribution in [2.45, 2.75) is 37.6 Å². The molecule has 0 spiro atoms. The lowest BCUT2D eigenvalue weighted by molar-refractivity contribution is 0.0364. The maximum absolute atomic E-state index is 10.8. The lowest BCUT2D eigenvalue weighted by Crippen LogP contribution is -2.26. The van der Waals surface area contributed by atoms with Crippen molar-refractivity contribution in [1.29, 1.82) is 0 Å². The van der Waals surface area contributed by atoms with Crippen LogP contribution in [0.2, 0.25) is 0 Å². The van der Waals surface area contributed by atoms with Crippen LogP contribution >= 0.6 is 25.3 Å². The average molecular weight is 292 g/mol. The molecule has 3 unspecified atom stereocenters. The molecule has 0 N–H and O–H groups in total. The monoisotopic (exact) mass is 292 g/mol. The third-order valence-electron chi connectivity index (χ3n) is 2.65. The number of carbonyl (C=O) groups is 2. The smallest absolute Gasteiger partial charge is 0.364 e. The van der Waals surface area contributed by atoms with E-state index in [0.29, 0.717) is 19.3 Å². The summed E-state index contributed by atoms with van der Waals surface area (Å²) in [6, 6.07) is 0. The van der Waals surface area contributed by atoms with Crippen molar-refractivity contribution in [3.63, 3.8) is 0 Å². The molecule has 3 atom stereocenters. The quantitative estimate of drug-likeness (QED) is 0.475. The van der Waals surface area contributed by atoms with Crippen LogP contribution in [0.1, 0.15) is 19.3 Å². The molecule has 1 aliphatic rings. The highest BCUT2D eigenvalue weighted by Gasteiger charge is 2.22. The van der Waals surface area contributed by atoms with E-state index in [1.807, 2.05) is 0 Å². The molecule has 1 aliphatic carbocycles. The Labute approximate surface area is 117 Å². The van der Waals surface area contributed by atoms with Crippen molar-refractivity contribution in [2.24, 2.45) is 0 Å². The first-order valence-electron chi connectivity index (χ1n) is 5.51. The molecule has 0 radical (unpaired) electrons. The maximum atomic E-state index is 10.8. The van der Waals surface area contributed by atoms with Crippen molar-refractivity contribution in [2.75, 3.05) is 7.11 Å². The molecule has 0 aliphatic heterocycles. The van der Waals surface area contributed by atoms with E-state index in [0.717, 1.165) is 0 Å². The fourth-order valence-corrected chi connectivity index (χ4v) is 2.08. The third kappa shape index (κ3) is 5.79. The molecule has 0 aromatic rings. The van der Waals surface area contributed by atoms with Gasteiger partial charge in [-0.1, -0.05) is 25.3 Å². The first-order valence-corrected chi connectivity index (χ1v) is 6.41. The zero-order valence-corrected chi connectivity index (χ0v) is 11.7. The highest BCUT2D eigenvalue weighted by atomic mass is 32.1. The van der Waals surface area contributed by atoms with Crippen LogP contribution in [0.15, 0.2) is 12.2 Å². The molecule has 0 heterocycles. The molecule has 0 saturated carbocycles. The van der Waals surface area contributed by atoms with Gasteiger partial charge in [0.15, 0.2) is 0 Å². The average Bonchev–Trinajstić information content (AvgIpc) is 2.26. The first kappa shape index (κ1) is 15.4. The molecule has 0 saturated heterocycles. The summed E-state index contributed by atoms with van der Waals surface area (Å²) in [5, 5.41) is -1.29. The highest BCUT2D eigenvalue weighted by Crippen LogP contribution is 2.20. The Morgan fingerprint density at radius 1 is 1.06 bits per heavy atom. The Morgan fingerprint density at radius 2 is 1.61 bits per heavy atom. The highest BCUT2D eigenvalue weighted by molar-refractivity contribution is 7.96. The SMILES string of the molecule is COC1CCC(OC(=O)S)C=CC(OC(=O)S)C1. The van der Waals surface area contributed by atoms with E-state index in [-0.39, 0.29) is 12.2 Å². The molecule has 1 rings (SSSR count). The molecule has 0 fully saturated rings. The summed E-state index contributed by atoms with van der Waals surface area (Å²) in [5.41, 5.74) is 0. The Balaban J connectivity index is 2.70. The summed E-state index contributed by atoms with van der Waals surface area (Å²) in [6.07, 6.45) is 4.41. The molecular weight excluding hydrogens is 276 g/mol. The number of hydrogen-bond acceptors (Lipinski definition) is 5. The van der Waals surface area contributed by atoms with Gasteiger partial charge in [-0.2, -0.15) is 0 Å². The Morgan fingerprint density at radius 3 is 2.17 bits per heavy atom. The van der Waals surface area contributed by atoms with Gasteiger partial charge in [-0.05, 0) is 25.0 Å². The molecule has 102 valence electrons. The molecule has 7 heteroatoms. The first-order chi connectivity index (χ1) is 8.51. The van der Waals surface area contributed by atoms with Crippen LogP contribution in [0.3, 0.4) is 0 Å². The van der Waals surface area contributed by atoms with Crippen LogP contribution in [0.5, 0.6) is 0 Å². The summed E-state index contributed by atoms with van der Waals surface area (Å²) in [5.74, 6) is 0. The summed E-state index contributed by atoms with van der Waals surface area (Å²) in [4.78, 5) is 21.6. The molecule has 0 bridgehead atoms. The van der Waals surface area contributed by atoms with Crippen molar-refractivity contribution in [3.8, 4) is 0 Å². The predicted octanol–water partition coefficient (Wildman–Crippen LogP) is 2.61. The zero-order valence-electron chi connectivity index (χ0n) is 9.94. The van der Waals surface area contributed by atoms with Crippen molar-refractivity contribution >= 4 is 35.9 Å². The normalized spacial score (nSPS) is 28.1. The van der Waals surface area contributed by atoms with Gasteiger partial charge in [0, 0.05) is 13.5 Å². The second kappa shape index (κ2) is 7.70. The van der Waals surface area contributed by atoms with Gasteiger partial charge in [0.05, 0.1) is 6.10 Å². The molecule has 18 heavy (non-hydrogen) atoms. The summed E-state index contributed by atoms with van der Waals surface area (Å²) >= 11 is 7.14. The topological polar surface area (TPSA) is 61.8 Å². The van der Waals surface area contributed by atoms with Gasteiger partial charge in [0.1, 0.15) is 12.2 Å². The van der Waals surface area contributed by atoms with Gasteiger partial charge < -0.3 is 14.2 Å². The number of rotatable bonds is 3. The van der Waals surface area contributed by atoms with E-state index in [1.54, 1.807) is 19.3 Å². The number of methoxy groups -OCH3 is 1. The summed E-state index contributed by atoms with van der Waals surface area (Å²) < 4.78 is 15.3. The van der Waals surface area contributed by atoms with Crippen LogP contribution < -0.4 is 0 Å². The minimum atomic E-state index is -0.650. The van der Waals surface area contributed by atoms with E-state index in [9.17, 15) is 9.59 Å². The van der Waals surface area contributed by atoms with E-state index < -0.39 is 16.7 Å². The summed E-state index contributed by atoms with van der Waals surface area (Å²) in [7, 11) is 1.59. The number of ether oxygens (including phenoxy) is 3. The Bertz CT molecular complexity index is 331. The van der Waals surface area contributed by atoms with Gasteiger partial charge in [-0.3, -0.25) is 0 Å². The number of thiol groups is 2. The van der Waals surface area contributed by atoms with Crippen molar-refractivity contribution < 1.29 is 23.8 Å². The standard InChI is InChI=1S/C11H16O5S2/c1-14-8-4-2-7(15-10(12)17)3-5-9(6-8)16-11(13)18/h3,5,7-9H,2,4,6H2,1H3,(H,12,17)(H,13,18). The van der Waals surface area contributed by atoms with Crippen LogP contribution in [0.25, 0.3) is 0 Å². The molecular formula is C11H16O5S2. The lowest BCUT2D eigenvalue weighted by atomic mass is 9.99. The second-order valence-corrected chi connectivity index (χ2v) is 4.63. The van der Waals surface area contributed by atoms with Gasteiger partial charge >= 0.3 is 10.6 Å². The van der Waals surface area contributed by atoms with Crippen molar-refractivity contribution in [3.05, 3.63) is 12.2 Å². The predicted molar refractivity (Wildman–Crippen MR) is 72.3 cm³/mol. The van der Waals surface area contributed by atoms with Crippen LogP contribution in [-0.2, 0) is 14.2 Å². The van der Waals surface area contributed by atoms with Crippen molar-refractivity contribution in [1.82, 2.24) is 0 Å². The Kier molecular flexibility index (Phi) is 6.59. The molecule has 5 nitrogen and oxygen atoms in total. The van der Waals surface area contributed by atoms with Crippen LogP contribution in [0, 0.1) is 0 Å². The van der Waals surface area contributed by atoms with Gasteiger partial charge in [-0.25, -0.2) is 9.59 Å². The fraction of sp³-hybridized carbons (Fsp3) is 0.636. The van der Waals surface area contributed by atoms with E-state index in [1.165, 1.54) is 0 Å². The number of hydrogen-bond donors (Lipinski definition) is 2. The minimum Gasteiger partial charge on any atom is -0.450 e. The van der Waals surface area contributed by atoms with Gasteiger partial charge in [-0.15, -0.1) is 0 Å². The second-order valence-electron chi connectivity index (χ2n) is 3.90. The maximum Gasteiger partial charge on any atom is 0.364 e. The van der Waals surface area contributed by atoms with Gasteiger partial charge in [0.2, 0.25) is 0 Å². The zero-order chi connectivity index (χ0) is 13.5. The van der Waals surface area contributed by atoms with Crippen LogP contribution in [0.4, 0.5) is 9.59 Å². The fourth-order valence-electron chi connectivity index (χ4n) is 1.81. The van der Waals surface area contributed by atoms with E-state index >= 15 is 0 Å². The van der Waals surface area contributed by atoms with E-state index in [4.69, 9.17) is 14.2 Å². The largest absolute Gasteiger partial charge is 0.450 e. The third-order valence-corrected chi connectivity index (χ3v) is 2.86. The molecule has 0 aromatic heterocycles. The minimum absolute atomic E-state index is 0.0613. The lowest BCUT2D eigenvalue weighted by Gasteiger charge is -2.24. The summed E-state index contributed by atoms with van der Waals surface area (Å²) in [6.45, 7) is 0.